The van der Waals surface area contributed by atoms with Gasteiger partial charge >= 0.3 is 0 Å². The number of fused-ring (bicyclic) bond motifs is 1. The van der Waals surface area contributed by atoms with E-state index in [0.29, 0.717) is 29.6 Å². The maximum absolute atomic E-state index is 12.2. The molecule has 1 aromatic carbocycles. The predicted molar refractivity (Wildman–Crippen MR) is 103 cm³/mol. The van der Waals surface area contributed by atoms with Crippen molar-refractivity contribution >= 4 is 11.7 Å². The van der Waals surface area contributed by atoms with Gasteiger partial charge in [0.1, 0.15) is 11.5 Å². The number of carbonyl (C=O) groups is 1. The summed E-state index contributed by atoms with van der Waals surface area (Å²) in [5, 5.41) is 10.2. The number of pyridine rings is 1. The number of aromatic amines is 1. The van der Waals surface area contributed by atoms with Crippen molar-refractivity contribution in [2.45, 2.75) is 12.3 Å². The molecule has 0 bridgehead atoms. The summed E-state index contributed by atoms with van der Waals surface area (Å²) in [6.45, 7) is 0. The predicted octanol–water partition coefficient (Wildman–Crippen LogP) is 2.97. The molecular formula is C20H20N4O4. The van der Waals surface area contributed by atoms with Crippen molar-refractivity contribution in [3.05, 3.63) is 47.7 Å². The minimum absolute atomic E-state index is 0.0898. The molecule has 144 valence electrons. The minimum atomic E-state index is -0.192. The van der Waals surface area contributed by atoms with Crippen molar-refractivity contribution in [3.63, 3.8) is 0 Å². The largest absolute Gasteiger partial charge is 0.497 e. The molecule has 0 aliphatic carbocycles. The highest BCUT2D eigenvalue weighted by Gasteiger charge is 2.33. The van der Waals surface area contributed by atoms with Crippen molar-refractivity contribution in [3.8, 4) is 28.6 Å². The van der Waals surface area contributed by atoms with Gasteiger partial charge in [-0.2, -0.15) is 5.10 Å². The lowest BCUT2D eigenvalue weighted by Gasteiger charge is -2.23. The van der Waals surface area contributed by atoms with Crippen molar-refractivity contribution in [2.75, 3.05) is 26.6 Å². The van der Waals surface area contributed by atoms with Gasteiger partial charge in [-0.05, 0) is 17.7 Å². The monoisotopic (exact) mass is 380 g/mol. The van der Waals surface area contributed by atoms with Crippen LogP contribution >= 0.6 is 0 Å². The lowest BCUT2D eigenvalue weighted by molar-refractivity contribution is -0.116. The van der Waals surface area contributed by atoms with Crippen LogP contribution in [0.15, 0.2) is 36.5 Å². The van der Waals surface area contributed by atoms with E-state index in [1.54, 1.807) is 33.6 Å². The Morgan fingerprint density at radius 1 is 1.07 bits per heavy atom. The lowest BCUT2D eigenvalue weighted by atomic mass is 9.85. The van der Waals surface area contributed by atoms with Gasteiger partial charge in [0.05, 0.1) is 27.0 Å². The van der Waals surface area contributed by atoms with Gasteiger partial charge in [-0.25, -0.2) is 4.98 Å². The molecule has 0 fully saturated rings. The Morgan fingerprint density at radius 3 is 2.61 bits per heavy atom. The van der Waals surface area contributed by atoms with Gasteiger partial charge in [0.25, 0.3) is 0 Å². The second-order valence-electron chi connectivity index (χ2n) is 6.37. The highest BCUT2D eigenvalue weighted by atomic mass is 16.5. The summed E-state index contributed by atoms with van der Waals surface area (Å²) in [7, 11) is 4.78. The first-order valence-electron chi connectivity index (χ1n) is 8.75. The van der Waals surface area contributed by atoms with Gasteiger partial charge in [0, 0.05) is 41.8 Å². The first-order valence-corrected chi connectivity index (χ1v) is 8.75. The van der Waals surface area contributed by atoms with E-state index in [2.05, 4.69) is 20.5 Å². The first-order chi connectivity index (χ1) is 13.6. The molecule has 1 unspecified atom stereocenters. The third kappa shape index (κ3) is 3.02. The number of methoxy groups -OCH3 is 3. The molecule has 0 spiro atoms. The smallest absolute Gasteiger partial charge is 0.226 e. The van der Waals surface area contributed by atoms with Crippen molar-refractivity contribution in [2.24, 2.45) is 0 Å². The molecular weight excluding hydrogens is 360 g/mol. The number of hydrogen-bond donors (Lipinski definition) is 2. The fourth-order valence-electron chi connectivity index (χ4n) is 3.47. The Kier molecular flexibility index (Phi) is 4.60. The molecule has 0 radical (unpaired) electrons. The van der Waals surface area contributed by atoms with E-state index in [1.807, 2.05) is 24.3 Å². The first kappa shape index (κ1) is 17.8. The van der Waals surface area contributed by atoms with Crippen LogP contribution in [0.25, 0.3) is 11.3 Å². The van der Waals surface area contributed by atoms with Gasteiger partial charge in [-0.1, -0.05) is 6.07 Å². The molecule has 3 heterocycles. The number of ether oxygens (including phenoxy) is 3. The standard InChI is InChI=1S/C20H20N4O4/c1-26-12-5-6-13(15(8-12)27-2)19-18-14(9-16(25)22-20(18)24-23-19)11-4-7-17(28-3)21-10-11/h4-8,10,14H,9H2,1-3H3,(H2,22,23,24,25). The third-order valence-electron chi connectivity index (χ3n) is 4.85. The maximum atomic E-state index is 12.2. The fraction of sp³-hybridized carbons (Fsp3) is 0.250. The van der Waals surface area contributed by atoms with Gasteiger partial charge in [-0.3, -0.25) is 9.89 Å². The Labute approximate surface area is 161 Å². The zero-order chi connectivity index (χ0) is 19.7. The fourth-order valence-corrected chi connectivity index (χ4v) is 3.47. The Hall–Kier alpha value is -3.55. The Bertz CT molecular complexity index is 1010. The topological polar surface area (TPSA) is 98.4 Å². The third-order valence-corrected chi connectivity index (χ3v) is 4.85. The average molecular weight is 380 g/mol. The average Bonchev–Trinajstić information content (AvgIpc) is 3.16. The van der Waals surface area contributed by atoms with Crippen molar-refractivity contribution in [1.29, 1.82) is 0 Å². The van der Waals surface area contributed by atoms with Gasteiger partial charge < -0.3 is 19.5 Å². The normalized spacial score (nSPS) is 15.5. The molecule has 2 N–H and O–H groups in total. The summed E-state index contributed by atoms with van der Waals surface area (Å²) in [6, 6.07) is 9.28. The number of nitrogens with zero attached hydrogens (tertiary/aromatic N) is 2. The van der Waals surface area contributed by atoms with Gasteiger partial charge in [0.2, 0.25) is 11.8 Å². The van der Waals surface area contributed by atoms with Crippen LogP contribution in [0.4, 0.5) is 5.82 Å². The quantitative estimate of drug-likeness (QED) is 0.706. The number of nitrogens with one attached hydrogen (secondary N) is 2. The van der Waals surface area contributed by atoms with E-state index in [0.717, 1.165) is 22.4 Å². The second-order valence-corrected chi connectivity index (χ2v) is 6.37. The van der Waals surface area contributed by atoms with Crippen LogP contribution in [-0.4, -0.2) is 42.4 Å². The van der Waals surface area contributed by atoms with E-state index in [-0.39, 0.29) is 11.8 Å². The van der Waals surface area contributed by atoms with Crippen LogP contribution in [0.3, 0.4) is 0 Å². The maximum Gasteiger partial charge on any atom is 0.226 e. The molecule has 1 amide bonds. The molecule has 2 aromatic heterocycles. The molecule has 0 saturated heterocycles. The second kappa shape index (κ2) is 7.22. The van der Waals surface area contributed by atoms with Crippen LogP contribution in [0.5, 0.6) is 17.4 Å². The number of rotatable bonds is 5. The summed E-state index contributed by atoms with van der Waals surface area (Å²) in [5.74, 6) is 2.10. The van der Waals surface area contributed by atoms with Gasteiger partial charge in [0.15, 0.2) is 5.82 Å². The molecule has 3 aromatic rings. The number of hydrogen-bond acceptors (Lipinski definition) is 6. The lowest BCUT2D eigenvalue weighted by Crippen LogP contribution is -2.23. The van der Waals surface area contributed by atoms with Crippen LogP contribution < -0.4 is 19.5 Å². The Morgan fingerprint density at radius 2 is 1.93 bits per heavy atom. The van der Waals surface area contributed by atoms with Crippen LogP contribution in [-0.2, 0) is 4.79 Å². The van der Waals surface area contributed by atoms with E-state index in [1.165, 1.54) is 0 Å². The molecule has 4 rings (SSSR count). The summed E-state index contributed by atoms with van der Waals surface area (Å²) in [5.41, 5.74) is 3.43. The van der Waals surface area contributed by atoms with Crippen LogP contribution in [0.2, 0.25) is 0 Å². The molecule has 8 nitrogen and oxygen atoms in total. The zero-order valence-corrected chi connectivity index (χ0v) is 15.8. The summed E-state index contributed by atoms with van der Waals surface area (Å²) >= 11 is 0. The molecule has 1 aliphatic heterocycles. The highest BCUT2D eigenvalue weighted by molar-refractivity contribution is 5.96. The van der Waals surface area contributed by atoms with E-state index < -0.39 is 0 Å². The number of benzene rings is 1. The number of H-pyrrole nitrogens is 1. The molecule has 8 heteroatoms. The number of amides is 1. The van der Waals surface area contributed by atoms with Crippen molar-refractivity contribution in [1.82, 2.24) is 15.2 Å². The summed E-state index contributed by atoms with van der Waals surface area (Å²) in [4.78, 5) is 16.5. The molecule has 0 saturated carbocycles. The summed E-state index contributed by atoms with van der Waals surface area (Å²) in [6.07, 6.45) is 2.03. The van der Waals surface area contributed by atoms with E-state index in [9.17, 15) is 4.79 Å². The number of carbonyl (C=O) groups excluding carboxylic acids is 1. The highest BCUT2D eigenvalue weighted by Crippen LogP contribution is 2.44. The summed E-state index contributed by atoms with van der Waals surface area (Å²) < 4.78 is 16.0. The number of anilines is 1. The van der Waals surface area contributed by atoms with Crippen LogP contribution in [0, 0.1) is 0 Å². The minimum Gasteiger partial charge on any atom is -0.497 e. The van der Waals surface area contributed by atoms with Crippen molar-refractivity contribution < 1.29 is 19.0 Å². The van der Waals surface area contributed by atoms with E-state index >= 15 is 0 Å². The van der Waals surface area contributed by atoms with Gasteiger partial charge in [-0.15, -0.1) is 0 Å². The SMILES string of the molecule is COc1ccc(-c2[nH]nc3c2C(c2ccc(OC)nc2)CC(=O)N3)c(OC)c1. The van der Waals surface area contributed by atoms with E-state index in [4.69, 9.17) is 14.2 Å². The number of aromatic nitrogens is 3. The molecule has 1 atom stereocenters. The molecule has 1 aliphatic rings. The van der Waals surface area contributed by atoms with Crippen LogP contribution in [0.1, 0.15) is 23.5 Å². The Balaban J connectivity index is 1.84. The molecule has 28 heavy (non-hydrogen) atoms. The zero-order valence-electron chi connectivity index (χ0n) is 15.8.